The van der Waals surface area contributed by atoms with Crippen molar-refractivity contribution >= 4 is 38.4 Å². The van der Waals surface area contributed by atoms with Crippen molar-refractivity contribution < 1.29 is 9.90 Å². The first-order valence-electron chi connectivity index (χ1n) is 10.3. The zero-order chi connectivity index (χ0) is 21.9. The number of carbonyl (C=O) groups is 1. The van der Waals surface area contributed by atoms with Gasteiger partial charge in [-0.2, -0.15) is 0 Å². The van der Waals surface area contributed by atoms with Crippen LogP contribution in [0.5, 0.6) is 0 Å². The van der Waals surface area contributed by atoms with Gasteiger partial charge < -0.3 is 15.0 Å². The minimum atomic E-state index is -1.76. The molecular formula is C26H23BrN2O2. The largest absolute Gasteiger partial charge is 0.372 e. The molecule has 0 spiro atoms. The number of nitrogens with one attached hydrogen (secondary N) is 1. The minimum Gasteiger partial charge on any atom is -0.372 e. The Morgan fingerprint density at radius 1 is 1.03 bits per heavy atom. The fourth-order valence-electron chi connectivity index (χ4n) is 4.79. The van der Waals surface area contributed by atoms with Gasteiger partial charge >= 0.3 is 0 Å². The van der Waals surface area contributed by atoms with E-state index in [2.05, 4.69) is 53.0 Å². The van der Waals surface area contributed by atoms with Crippen molar-refractivity contribution in [1.29, 1.82) is 0 Å². The molecule has 5 rings (SSSR count). The maximum atomic E-state index is 13.9. The molecule has 0 saturated carbocycles. The molecule has 0 saturated heterocycles. The summed E-state index contributed by atoms with van der Waals surface area (Å²) in [6.07, 6.45) is 0. The van der Waals surface area contributed by atoms with Crippen molar-refractivity contribution in [3.05, 3.63) is 98.6 Å². The molecule has 0 unspecified atom stereocenters. The number of aryl methyl sites for hydroxylation is 3. The maximum Gasteiger partial charge on any atom is 0.268 e. The van der Waals surface area contributed by atoms with E-state index in [1.807, 2.05) is 49.4 Å². The molecule has 5 heteroatoms. The van der Waals surface area contributed by atoms with Gasteiger partial charge in [0.15, 0.2) is 5.60 Å². The fourth-order valence-corrected chi connectivity index (χ4v) is 5.15. The van der Waals surface area contributed by atoms with E-state index >= 15 is 0 Å². The van der Waals surface area contributed by atoms with Gasteiger partial charge in [0, 0.05) is 32.2 Å². The lowest BCUT2D eigenvalue weighted by atomic mass is 9.85. The second-order valence-corrected chi connectivity index (χ2v) is 9.28. The molecule has 4 aromatic rings. The van der Waals surface area contributed by atoms with Crippen LogP contribution in [0.1, 0.15) is 33.5 Å². The number of aromatic amines is 1. The third kappa shape index (κ3) is 2.95. The van der Waals surface area contributed by atoms with Gasteiger partial charge in [-0.15, -0.1) is 0 Å². The van der Waals surface area contributed by atoms with Gasteiger partial charge in [0.1, 0.15) is 0 Å². The lowest BCUT2D eigenvalue weighted by Crippen LogP contribution is -2.41. The molecule has 31 heavy (non-hydrogen) atoms. The number of rotatable bonds is 3. The Hall–Kier alpha value is -2.89. The number of anilines is 1. The molecule has 1 aromatic heterocycles. The van der Waals surface area contributed by atoms with Crippen LogP contribution in [0.15, 0.2) is 65.1 Å². The van der Waals surface area contributed by atoms with Gasteiger partial charge in [-0.25, -0.2) is 0 Å². The number of para-hydroxylation sites is 1. The minimum absolute atomic E-state index is 0.326. The van der Waals surface area contributed by atoms with Crippen molar-refractivity contribution in [2.24, 2.45) is 0 Å². The zero-order valence-corrected chi connectivity index (χ0v) is 19.2. The molecular weight excluding hydrogens is 452 g/mol. The second-order valence-electron chi connectivity index (χ2n) is 8.36. The van der Waals surface area contributed by atoms with E-state index in [9.17, 15) is 9.90 Å². The van der Waals surface area contributed by atoms with Gasteiger partial charge in [0.05, 0.1) is 12.2 Å². The molecule has 4 nitrogen and oxygen atoms in total. The Balaban J connectivity index is 1.71. The second kappa shape index (κ2) is 7.08. The van der Waals surface area contributed by atoms with Crippen LogP contribution in [0.3, 0.4) is 0 Å². The fraction of sp³-hybridized carbons (Fsp3) is 0.192. The Morgan fingerprint density at radius 3 is 2.58 bits per heavy atom. The van der Waals surface area contributed by atoms with Crippen molar-refractivity contribution in [3.63, 3.8) is 0 Å². The number of nitrogens with zero attached hydrogens (tertiary/aromatic N) is 1. The number of halogens is 1. The molecule has 1 atom stereocenters. The quantitative estimate of drug-likeness (QED) is 0.403. The summed E-state index contributed by atoms with van der Waals surface area (Å²) in [5.41, 5.74) is 5.26. The van der Waals surface area contributed by atoms with Crippen LogP contribution in [-0.2, 0) is 16.9 Å². The number of hydrogen-bond donors (Lipinski definition) is 2. The van der Waals surface area contributed by atoms with E-state index in [0.29, 0.717) is 17.7 Å². The van der Waals surface area contributed by atoms with Crippen molar-refractivity contribution in [3.8, 4) is 0 Å². The summed E-state index contributed by atoms with van der Waals surface area (Å²) in [7, 11) is 0. The van der Waals surface area contributed by atoms with Gasteiger partial charge in [-0.05, 0) is 56.2 Å². The van der Waals surface area contributed by atoms with E-state index in [1.165, 1.54) is 5.56 Å². The number of H-pyrrole nitrogens is 1. The maximum absolute atomic E-state index is 13.9. The highest BCUT2D eigenvalue weighted by atomic mass is 79.9. The Labute approximate surface area is 189 Å². The summed E-state index contributed by atoms with van der Waals surface area (Å²) in [4.78, 5) is 19.0. The normalized spacial score (nSPS) is 18.1. The van der Waals surface area contributed by atoms with Crippen LogP contribution < -0.4 is 4.90 Å². The highest BCUT2D eigenvalue weighted by Gasteiger charge is 2.53. The van der Waals surface area contributed by atoms with Gasteiger partial charge in [0.25, 0.3) is 5.91 Å². The molecule has 0 fully saturated rings. The summed E-state index contributed by atoms with van der Waals surface area (Å²) in [5, 5.41) is 13.0. The number of fused-ring (bicyclic) bond motifs is 2. The number of benzene rings is 3. The summed E-state index contributed by atoms with van der Waals surface area (Å²) >= 11 is 3.53. The first-order chi connectivity index (χ1) is 14.8. The van der Waals surface area contributed by atoms with E-state index in [1.54, 1.807) is 4.90 Å². The van der Waals surface area contributed by atoms with Crippen LogP contribution in [-0.4, -0.2) is 16.0 Å². The molecule has 2 N–H and O–H groups in total. The first-order valence-corrected chi connectivity index (χ1v) is 11.1. The van der Waals surface area contributed by atoms with Crippen LogP contribution in [0.2, 0.25) is 0 Å². The van der Waals surface area contributed by atoms with Crippen LogP contribution in [0.25, 0.3) is 10.9 Å². The van der Waals surface area contributed by atoms with E-state index in [-0.39, 0.29) is 5.91 Å². The summed E-state index contributed by atoms with van der Waals surface area (Å²) in [6, 6.07) is 19.7. The standard InChI is InChI=1S/C26H23BrN2O2/c1-15-8-9-18(16(2)12-15)14-29-23-11-10-19(27)13-21(23)26(31,25(29)30)24-17(3)28-22-7-5-4-6-20(22)24/h4-13,28,31H,14H2,1-3H3/t26-/m1/s1. The Kier molecular flexibility index (Phi) is 4.57. The van der Waals surface area contributed by atoms with Crippen LogP contribution in [0.4, 0.5) is 5.69 Å². The average molecular weight is 475 g/mol. The van der Waals surface area contributed by atoms with Crippen LogP contribution >= 0.6 is 15.9 Å². The predicted octanol–water partition coefficient (Wildman–Crippen LogP) is 5.64. The SMILES string of the molecule is Cc1ccc(CN2C(=O)[C@](O)(c3c(C)[nH]c4ccccc34)c3cc(Br)ccc32)c(C)c1. The molecule has 1 aliphatic heterocycles. The molecule has 0 aliphatic carbocycles. The highest BCUT2D eigenvalue weighted by Crippen LogP contribution is 2.48. The Bertz CT molecular complexity index is 1360. The molecule has 0 bridgehead atoms. The summed E-state index contributed by atoms with van der Waals surface area (Å²) in [6.45, 7) is 6.43. The first kappa shape index (κ1) is 20.0. The highest BCUT2D eigenvalue weighted by molar-refractivity contribution is 9.10. The summed E-state index contributed by atoms with van der Waals surface area (Å²) < 4.78 is 0.823. The van der Waals surface area contributed by atoms with Gasteiger partial charge in [-0.1, -0.05) is 57.9 Å². The molecule has 0 radical (unpaired) electrons. The van der Waals surface area contributed by atoms with Crippen molar-refractivity contribution in [2.45, 2.75) is 32.9 Å². The lowest BCUT2D eigenvalue weighted by molar-refractivity contribution is -0.132. The zero-order valence-electron chi connectivity index (χ0n) is 17.7. The Morgan fingerprint density at radius 2 is 1.81 bits per heavy atom. The van der Waals surface area contributed by atoms with E-state index < -0.39 is 5.60 Å². The van der Waals surface area contributed by atoms with Crippen molar-refractivity contribution in [1.82, 2.24) is 4.98 Å². The van der Waals surface area contributed by atoms with Crippen molar-refractivity contribution in [2.75, 3.05) is 4.90 Å². The summed E-state index contributed by atoms with van der Waals surface area (Å²) in [5.74, 6) is -0.326. The van der Waals surface area contributed by atoms with Crippen LogP contribution in [0, 0.1) is 20.8 Å². The molecule has 1 aliphatic rings. The topological polar surface area (TPSA) is 56.3 Å². The lowest BCUT2D eigenvalue weighted by Gasteiger charge is -2.24. The van der Waals surface area contributed by atoms with Gasteiger partial charge in [0.2, 0.25) is 0 Å². The smallest absolute Gasteiger partial charge is 0.268 e. The number of aliphatic hydroxyl groups is 1. The third-order valence-corrected chi connectivity index (χ3v) is 6.77. The molecule has 2 heterocycles. The average Bonchev–Trinajstić information content (AvgIpc) is 3.17. The number of hydrogen-bond acceptors (Lipinski definition) is 2. The number of amides is 1. The third-order valence-electron chi connectivity index (χ3n) is 6.28. The van der Waals surface area contributed by atoms with E-state index in [4.69, 9.17) is 0 Å². The number of carbonyl (C=O) groups excluding carboxylic acids is 1. The predicted molar refractivity (Wildman–Crippen MR) is 127 cm³/mol. The monoisotopic (exact) mass is 474 g/mol. The number of aromatic nitrogens is 1. The molecule has 3 aromatic carbocycles. The molecule has 156 valence electrons. The van der Waals surface area contributed by atoms with E-state index in [0.717, 1.165) is 37.9 Å². The molecule has 1 amide bonds. The van der Waals surface area contributed by atoms with Gasteiger partial charge in [-0.3, -0.25) is 4.79 Å².